The summed E-state index contributed by atoms with van der Waals surface area (Å²) in [5, 5.41) is 17.5. The van der Waals surface area contributed by atoms with Crippen molar-refractivity contribution in [3.63, 3.8) is 0 Å². The van der Waals surface area contributed by atoms with Gasteiger partial charge in [0.25, 0.3) is 0 Å². The maximum atomic E-state index is 12.2. The molecule has 59 heavy (non-hydrogen) atoms. The van der Waals surface area contributed by atoms with Crippen LogP contribution in [0.1, 0.15) is 114 Å². The van der Waals surface area contributed by atoms with Crippen LogP contribution in [0, 0.1) is 0 Å². The minimum absolute atomic E-state index is 0.0698. The maximum absolute atomic E-state index is 12.2. The van der Waals surface area contributed by atoms with E-state index < -0.39 is 37.6 Å². The number of rotatable bonds is 31. The molecule has 0 atom stereocenters. The van der Waals surface area contributed by atoms with Crippen LogP contribution >= 0.6 is 0 Å². The molecule has 0 aliphatic carbocycles. The van der Waals surface area contributed by atoms with Crippen LogP contribution in [0.2, 0.25) is 37.8 Å². The summed E-state index contributed by atoms with van der Waals surface area (Å²) in [7, 11) is -6.28. The van der Waals surface area contributed by atoms with Gasteiger partial charge in [0, 0.05) is 69.7 Å². The lowest BCUT2D eigenvalue weighted by molar-refractivity contribution is -0.139. The van der Waals surface area contributed by atoms with Crippen molar-refractivity contribution in [1.29, 1.82) is 0 Å². The molecule has 0 aromatic heterocycles. The van der Waals surface area contributed by atoms with Gasteiger partial charge in [0.1, 0.15) is 0 Å². The minimum Gasteiger partial charge on any atom is -0.478 e. The molecule has 0 saturated carbocycles. The summed E-state index contributed by atoms with van der Waals surface area (Å²) in [4.78, 5) is 56.1. The van der Waals surface area contributed by atoms with E-state index in [1.807, 2.05) is 61.2 Å². The van der Waals surface area contributed by atoms with E-state index in [9.17, 15) is 24.0 Å². The average molecular weight is 887 g/mol. The van der Waals surface area contributed by atoms with Crippen LogP contribution in [0.5, 0.6) is 0 Å². The standard InChI is InChI=1S/C17H26O5Si.C13H24O5Si.C12H24O4Si/c1-4-21-23(3,22-5-2)13-9-8-12-16(18)14-10-6-7-11-15(14)17(19)20;1-4-17-19(3,18-5-2)11-7-6-8-12(14)9-10-13(15)16;1-6-15-17(5,16-7-2)10-8-9-14-12(13)11(3)4/h6-7,10-11H,4-5,8-9,12-13H2,1-3H3,(H,19,20);9-10H,4-8,11H2,1-3H3,(H,15,16);3,6-10H2,1-2,4-5H3/b;10-9-;. The number of esters is 1. The zero-order valence-electron chi connectivity index (χ0n) is 37.5. The van der Waals surface area contributed by atoms with Gasteiger partial charge >= 0.3 is 43.6 Å². The van der Waals surface area contributed by atoms with E-state index in [4.69, 9.17) is 41.5 Å². The normalized spacial score (nSPS) is 11.6. The first-order valence-corrected chi connectivity index (χ1v) is 28.3. The molecule has 0 saturated heterocycles. The summed E-state index contributed by atoms with van der Waals surface area (Å²) >= 11 is 0. The number of carboxylic acids is 2. The third-order valence-corrected chi connectivity index (χ3v) is 17.7. The van der Waals surface area contributed by atoms with Gasteiger partial charge in [0.2, 0.25) is 0 Å². The van der Waals surface area contributed by atoms with Crippen LogP contribution in [-0.2, 0) is 45.7 Å². The van der Waals surface area contributed by atoms with Crippen LogP contribution in [0.15, 0.2) is 48.6 Å². The maximum Gasteiger partial charge on any atom is 0.336 e. The molecule has 1 aromatic rings. The molecule has 1 aromatic carbocycles. The van der Waals surface area contributed by atoms with E-state index in [0.717, 1.165) is 56.0 Å². The fourth-order valence-electron chi connectivity index (χ4n) is 5.84. The van der Waals surface area contributed by atoms with Crippen molar-refractivity contribution in [2.24, 2.45) is 0 Å². The third-order valence-electron chi connectivity index (χ3n) is 8.51. The molecule has 0 aliphatic rings. The number of allylic oxidation sites excluding steroid dienone is 1. The first-order chi connectivity index (χ1) is 27.8. The Kier molecular flexibility index (Phi) is 33.0. The number of unbranched alkanes of at least 4 members (excludes halogenated alkanes) is 2. The zero-order valence-corrected chi connectivity index (χ0v) is 40.5. The highest BCUT2D eigenvalue weighted by Crippen LogP contribution is 2.21. The van der Waals surface area contributed by atoms with Gasteiger partial charge in [-0.2, -0.15) is 0 Å². The summed E-state index contributed by atoms with van der Waals surface area (Å²) in [5.74, 6) is -2.78. The molecule has 17 heteroatoms. The predicted molar refractivity (Wildman–Crippen MR) is 237 cm³/mol. The summed E-state index contributed by atoms with van der Waals surface area (Å²) in [6.07, 6.45) is 6.59. The molecule has 1 rings (SSSR count). The van der Waals surface area contributed by atoms with Crippen molar-refractivity contribution in [1.82, 2.24) is 0 Å². The molecule has 2 N–H and O–H groups in total. The summed E-state index contributed by atoms with van der Waals surface area (Å²) in [6, 6.07) is 8.87. The molecule has 0 amide bonds. The van der Waals surface area contributed by atoms with Gasteiger partial charge in [0.15, 0.2) is 11.6 Å². The highest BCUT2D eigenvalue weighted by atomic mass is 28.4. The number of aliphatic carboxylic acids is 1. The quantitative estimate of drug-likeness (QED) is 0.0236. The largest absolute Gasteiger partial charge is 0.478 e. The van der Waals surface area contributed by atoms with E-state index in [2.05, 4.69) is 6.58 Å². The Bertz CT molecular complexity index is 1400. The highest BCUT2D eigenvalue weighted by molar-refractivity contribution is 6.66. The molecular formula is C42H74O14Si3. The Labute approximate surface area is 356 Å². The number of carboxylic acid groups (broad SMARTS) is 2. The predicted octanol–water partition coefficient (Wildman–Crippen LogP) is 9.04. The van der Waals surface area contributed by atoms with E-state index in [-0.39, 0.29) is 28.7 Å². The average Bonchev–Trinajstić information content (AvgIpc) is 3.17. The molecule has 0 heterocycles. The van der Waals surface area contributed by atoms with E-state index >= 15 is 0 Å². The Morgan fingerprint density at radius 2 is 0.983 bits per heavy atom. The smallest absolute Gasteiger partial charge is 0.336 e. The second-order valence-corrected chi connectivity index (χ2v) is 23.9. The van der Waals surface area contributed by atoms with Crippen molar-refractivity contribution in [2.75, 3.05) is 46.2 Å². The lowest BCUT2D eigenvalue weighted by Crippen LogP contribution is -2.38. The third kappa shape index (κ3) is 28.9. The molecule has 0 aliphatic heterocycles. The zero-order chi connectivity index (χ0) is 45.3. The van der Waals surface area contributed by atoms with Gasteiger partial charge in [-0.1, -0.05) is 37.6 Å². The Morgan fingerprint density at radius 1 is 0.593 bits per heavy atom. The Morgan fingerprint density at radius 3 is 1.36 bits per heavy atom. The first-order valence-electron chi connectivity index (χ1n) is 20.8. The molecular weight excluding hydrogens is 813 g/mol. The lowest BCUT2D eigenvalue weighted by atomic mass is 10.0. The second-order valence-electron chi connectivity index (χ2n) is 13.8. The van der Waals surface area contributed by atoms with Gasteiger partial charge in [-0.25, -0.2) is 14.4 Å². The van der Waals surface area contributed by atoms with Gasteiger partial charge in [-0.3, -0.25) is 9.59 Å². The van der Waals surface area contributed by atoms with Crippen molar-refractivity contribution >= 4 is 55.2 Å². The number of benzene rings is 1. The number of ether oxygens (including phenoxy) is 1. The van der Waals surface area contributed by atoms with Crippen molar-refractivity contribution < 1.29 is 65.5 Å². The van der Waals surface area contributed by atoms with Crippen molar-refractivity contribution in [3.05, 3.63) is 59.7 Å². The van der Waals surface area contributed by atoms with Crippen LogP contribution in [-0.4, -0.2) is 112 Å². The number of hydrogen-bond acceptors (Lipinski definition) is 12. The summed E-state index contributed by atoms with van der Waals surface area (Å²) in [6.45, 7) is 27.3. The lowest BCUT2D eigenvalue weighted by Gasteiger charge is -2.25. The molecule has 338 valence electrons. The van der Waals surface area contributed by atoms with E-state index in [0.29, 0.717) is 71.1 Å². The van der Waals surface area contributed by atoms with E-state index in [1.54, 1.807) is 25.1 Å². The summed E-state index contributed by atoms with van der Waals surface area (Å²) < 4.78 is 39.3. The highest BCUT2D eigenvalue weighted by Gasteiger charge is 2.31. The van der Waals surface area contributed by atoms with Crippen LogP contribution in [0.4, 0.5) is 0 Å². The number of carbonyl (C=O) groups is 5. The van der Waals surface area contributed by atoms with Crippen LogP contribution < -0.4 is 0 Å². The first kappa shape index (κ1) is 58.0. The van der Waals surface area contributed by atoms with E-state index in [1.165, 1.54) is 6.07 Å². The molecule has 0 radical (unpaired) electrons. The Balaban J connectivity index is 0. The van der Waals surface area contributed by atoms with Crippen molar-refractivity contribution in [2.45, 2.75) is 131 Å². The Hall–Kier alpha value is -3.14. The number of Topliss-reactive ketones (excluding diaryl/α,β-unsaturated/α-hetero) is 1. The fraction of sp³-hybridized carbons (Fsp3) is 0.643. The van der Waals surface area contributed by atoms with Crippen molar-refractivity contribution in [3.8, 4) is 0 Å². The molecule has 0 spiro atoms. The fourth-order valence-corrected chi connectivity index (χ4v) is 13.2. The van der Waals surface area contributed by atoms with Gasteiger partial charge in [-0.05, 0) is 118 Å². The van der Waals surface area contributed by atoms with Gasteiger partial charge < -0.3 is 41.5 Å². The number of aromatic carboxylic acids is 1. The van der Waals surface area contributed by atoms with Crippen LogP contribution in [0.25, 0.3) is 0 Å². The van der Waals surface area contributed by atoms with Crippen LogP contribution in [0.3, 0.4) is 0 Å². The molecule has 14 nitrogen and oxygen atoms in total. The monoisotopic (exact) mass is 886 g/mol. The van der Waals surface area contributed by atoms with Gasteiger partial charge in [0.05, 0.1) is 12.2 Å². The second kappa shape index (κ2) is 33.6. The molecule has 0 unspecified atom stereocenters. The number of ketones is 2. The number of hydrogen-bond donors (Lipinski definition) is 2. The minimum atomic E-state index is -2.13. The summed E-state index contributed by atoms with van der Waals surface area (Å²) in [5.41, 5.74) is 0.787. The molecule has 0 bridgehead atoms. The number of carbonyl (C=O) groups excluding carboxylic acids is 3. The molecule has 0 fully saturated rings. The van der Waals surface area contributed by atoms with Gasteiger partial charge in [-0.15, -0.1) is 0 Å². The SMILES string of the molecule is C=C(C)C(=O)OCCC[Si](C)(OCC)OCC.CCO[Si](C)(CCCCC(=O)/C=C\C(=O)O)OCC.CCO[Si](C)(CCCCC(=O)c1ccccc1C(=O)O)OCC. The topological polar surface area (TPSA) is 190 Å².